The van der Waals surface area contributed by atoms with Crippen LogP contribution in [0.5, 0.6) is 0 Å². The predicted molar refractivity (Wildman–Crippen MR) is 72.2 cm³/mol. The minimum Gasteiger partial charge on any atom is -0.480 e. The maximum absolute atomic E-state index is 11.7. The first-order chi connectivity index (χ1) is 8.94. The van der Waals surface area contributed by atoms with Crippen molar-refractivity contribution in [3.05, 3.63) is 35.9 Å². The highest BCUT2D eigenvalue weighted by molar-refractivity contribution is 7.89. The van der Waals surface area contributed by atoms with E-state index >= 15 is 0 Å². The quantitative estimate of drug-likeness (QED) is 0.620. The number of hydrogen-bond acceptors (Lipinski definition) is 4. The zero-order valence-electron chi connectivity index (χ0n) is 10.5. The second kappa shape index (κ2) is 7.22. The van der Waals surface area contributed by atoms with E-state index in [4.69, 9.17) is 10.8 Å². The molecular formula is C12H18N2O4S. The average Bonchev–Trinajstić information content (AvgIpc) is 2.36. The van der Waals surface area contributed by atoms with Crippen LogP contribution in [-0.2, 0) is 21.2 Å². The van der Waals surface area contributed by atoms with Crippen LogP contribution in [0.25, 0.3) is 0 Å². The number of hydrogen-bond donors (Lipinski definition) is 3. The smallest absolute Gasteiger partial charge is 0.322 e. The summed E-state index contributed by atoms with van der Waals surface area (Å²) in [5.74, 6) is -1.36. The van der Waals surface area contributed by atoms with E-state index in [-0.39, 0.29) is 18.7 Å². The van der Waals surface area contributed by atoms with Gasteiger partial charge in [0.15, 0.2) is 0 Å². The summed E-state index contributed by atoms with van der Waals surface area (Å²) >= 11 is 0. The van der Waals surface area contributed by atoms with Gasteiger partial charge in [-0.3, -0.25) is 4.79 Å². The lowest BCUT2D eigenvalue weighted by Gasteiger charge is -2.14. The number of nitrogens with two attached hydrogens (primary N) is 1. The Morgan fingerprint density at radius 1 is 1.32 bits per heavy atom. The van der Waals surface area contributed by atoms with Crippen molar-refractivity contribution in [3.8, 4) is 0 Å². The van der Waals surface area contributed by atoms with Crippen LogP contribution in [0.4, 0.5) is 0 Å². The van der Waals surface area contributed by atoms with Gasteiger partial charge >= 0.3 is 5.97 Å². The van der Waals surface area contributed by atoms with Crippen LogP contribution < -0.4 is 10.5 Å². The third-order valence-electron chi connectivity index (χ3n) is 2.52. The van der Waals surface area contributed by atoms with Gasteiger partial charge in [0.25, 0.3) is 0 Å². The molecule has 0 aliphatic heterocycles. The Morgan fingerprint density at radius 3 is 2.47 bits per heavy atom. The van der Waals surface area contributed by atoms with Crippen LogP contribution in [0.15, 0.2) is 30.3 Å². The molecule has 1 aromatic rings. The highest BCUT2D eigenvalue weighted by Gasteiger charge is 2.23. The Hall–Kier alpha value is -1.44. The molecule has 19 heavy (non-hydrogen) atoms. The van der Waals surface area contributed by atoms with Gasteiger partial charge in [-0.15, -0.1) is 0 Å². The Bertz CT molecular complexity index is 502. The number of aliphatic carboxylic acids is 1. The SMILES string of the molecule is NCCCS(=O)(=O)N[C@@H](Cc1ccccc1)C(=O)O. The van der Waals surface area contributed by atoms with Gasteiger partial charge in [-0.1, -0.05) is 30.3 Å². The molecule has 6 nitrogen and oxygen atoms in total. The van der Waals surface area contributed by atoms with Crippen molar-refractivity contribution < 1.29 is 18.3 Å². The van der Waals surface area contributed by atoms with Crippen molar-refractivity contribution in [2.45, 2.75) is 18.9 Å². The Labute approximate surface area is 112 Å². The van der Waals surface area contributed by atoms with Gasteiger partial charge in [0.2, 0.25) is 10.0 Å². The maximum Gasteiger partial charge on any atom is 0.322 e. The molecule has 0 amide bonds. The number of nitrogens with one attached hydrogen (secondary N) is 1. The average molecular weight is 286 g/mol. The van der Waals surface area contributed by atoms with Crippen molar-refractivity contribution in [1.29, 1.82) is 0 Å². The molecule has 0 fully saturated rings. The number of benzene rings is 1. The normalized spacial score (nSPS) is 13.1. The van der Waals surface area contributed by atoms with Gasteiger partial charge in [0.05, 0.1) is 5.75 Å². The fourth-order valence-corrected chi connectivity index (χ4v) is 2.86. The van der Waals surface area contributed by atoms with Crippen molar-refractivity contribution in [2.75, 3.05) is 12.3 Å². The summed E-state index contributed by atoms with van der Waals surface area (Å²) in [6.45, 7) is 0.247. The fraction of sp³-hybridized carbons (Fsp3) is 0.417. The van der Waals surface area contributed by atoms with Gasteiger partial charge in [-0.25, -0.2) is 13.1 Å². The van der Waals surface area contributed by atoms with E-state index in [1.165, 1.54) is 0 Å². The minimum absolute atomic E-state index is 0.109. The van der Waals surface area contributed by atoms with Gasteiger partial charge in [0.1, 0.15) is 6.04 Å². The molecule has 106 valence electrons. The standard InChI is InChI=1S/C12H18N2O4S/c13-7-4-8-19(17,18)14-11(12(15)16)9-10-5-2-1-3-6-10/h1-3,5-6,11,14H,4,7-9,13H2,(H,15,16)/t11-/m0/s1. The van der Waals surface area contributed by atoms with Crippen LogP contribution in [0.1, 0.15) is 12.0 Å². The number of sulfonamides is 1. The third-order valence-corrected chi connectivity index (χ3v) is 3.99. The molecule has 0 radical (unpaired) electrons. The number of carbonyl (C=O) groups is 1. The van der Waals surface area contributed by atoms with Crippen LogP contribution in [0.2, 0.25) is 0 Å². The molecule has 0 unspecified atom stereocenters. The van der Waals surface area contributed by atoms with Crippen LogP contribution in [-0.4, -0.2) is 37.8 Å². The van der Waals surface area contributed by atoms with Crippen molar-refractivity contribution in [1.82, 2.24) is 4.72 Å². The molecule has 0 aliphatic carbocycles. The van der Waals surface area contributed by atoms with Crippen molar-refractivity contribution in [3.63, 3.8) is 0 Å². The van der Waals surface area contributed by atoms with E-state index in [2.05, 4.69) is 4.72 Å². The summed E-state index contributed by atoms with van der Waals surface area (Å²) in [7, 11) is -3.62. The highest BCUT2D eigenvalue weighted by Crippen LogP contribution is 2.05. The third kappa shape index (κ3) is 5.82. The molecule has 0 bridgehead atoms. The number of carboxylic acids is 1. The van der Waals surface area contributed by atoms with E-state index in [1.807, 2.05) is 6.07 Å². The van der Waals surface area contributed by atoms with Crippen LogP contribution in [0.3, 0.4) is 0 Å². The molecule has 1 rings (SSSR count). The van der Waals surface area contributed by atoms with Crippen LogP contribution >= 0.6 is 0 Å². The molecular weight excluding hydrogens is 268 g/mol. The van der Waals surface area contributed by atoms with Crippen molar-refractivity contribution in [2.24, 2.45) is 5.73 Å². The topological polar surface area (TPSA) is 109 Å². The summed E-state index contributed by atoms with van der Waals surface area (Å²) in [5.41, 5.74) is 6.00. The van der Waals surface area contributed by atoms with Gasteiger partial charge in [-0.05, 0) is 24.9 Å². The number of carboxylic acid groups (broad SMARTS) is 1. The summed E-state index contributed by atoms with van der Waals surface area (Å²) in [6, 6.07) is 7.71. The molecule has 0 saturated carbocycles. The predicted octanol–water partition coefficient (Wildman–Crippen LogP) is -0.0495. The fourth-order valence-electron chi connectivity index (χ4n) is 1.58. The zero-order chi connectivity index (χ0) is 14.3. The first-order valence-corrected chi connectivity index (χ1v) is 7.56. The van der Waals surface area contributed by atoms with Crippen molar-refractivity contribution >= 4 is 16.0 Å². The second-order valence-corrected chi connectivity index (χ2v) is 6.03. The first kappa shape index (κ1) is 15.6. The first-order valence-electron chi connectivity index (χ1n) is 5.91. The van der Waals surface area contributed by atoms with Crippen LogP contribution in [0, 0.1) is 0 Å². The molecule has 7 heteroatoms. The Kier molecular flexibility index (Phi) is 5.94. The van der Waals surface area contributed by atoms with Gasteiger partial charge in [-0.2, -0.15) is 0 Å². The van der Waals surface area contributed by atoms with Gasteiger partial charge in [0, 0.05) is 0 Å². The molecule has 0 aliphatic rings. The number of rotatable bonds is 8. The highest BCUT2D eigenvalue weighted by atomic mass is 32.2. The molecule has 0 heterocycles. The monoisotopic (exact) mass is 286 g/mol. The lowest BCUT2D eigenvalue weighted by atomic mass is 10.1. The van der Waals surface area contributed by atoms with Gasteiger partial charge < -0.3 is 10.8 Å². The summed E-state index contributed by atoms with van der Waals surface area (Å²) < 4.78 is 25.5. The maximum atomic E-state index is 11.7. The zero-order valence-corrected chi connectivity index (χ0v) is 11.3. The second-order valence-electron chi connectivity index (χ2n) is 4.16. The van der Waals surface area contributed by atoms with E-state index in [9.17, 15) is 13.2 Å². The van der Waals surface area contributed by atoms with E-state index in [0.29, 0.717) is 6.42 Å². The van der Waals surface area contributed by atoms with E-state index < -0.39 is 22.0 Å². The van der Waals surface area contributed by atoms with E-state index in [1.54, 1.807) is 24.3 Å². The largest absolute Gasteiger partial charge is 0.480 e. The molecule has 4 N–H and O–H groups in total. The molecule has 1 atom stereocenters. The summed E-state index contributed by atoms with van der Waals surface area (Å²) in [4.78, 5) is 11.1. The minimum atomic E-state index is -3.62. The molecule has 0 spiro atoms. The lowest BCUT2D eigenvalue weighted by molar-refractivity contribution is -0.138. The molecule has 0 saturated heterocycles. The summed E-state index contributed by atoms with van der Waals surface area (Å²) in [5, 5.41) is 9.07. The molecule has 1 aromatic carbocycles. The molecule has 0 aromatic heterocycles. The lowest BCUT2D eigenvalue weighted by Crippen LogP contribution is -2.43. The Balaban J connectivity index is 2.71. The van der Waals surface area contributed by atoms with E-state index in [0.717, 1.165) is 5.56 Å². The Morgan fingerprint density at radius 2 is 1.95 bits per heavy atom. The summed E-state index contributed by atoms with van der Waals surface area (Å²) in [6.07, 6.45) is 0.408.